The molecule has 3 rings (SSSR count). The third kappa shape index (κ3) is 4.33. The highest BCUT2D eigenvalue weighted by Gasteiger charge is 2.12. The Morgan fingerprint density at radius 1 is 0.846 bits per heavy atom. The van der Waals surface area contributed by atoms with E-state index in [9.17, 15) is 14.9 Å². The van der Waals surface area contributed by atoms with Gasteiger partial charge in [0.15, 0.2) is 0 Å². The molecule has 0 aliphatic rings. The van der Waals surface area contributed by atoms with Gasteiger partial charge in [-0.2, -0.15) is 0 Å². The highest BCUT2D eigenvalue weighted by atomic mass is 16.6. The number of benzene rings is 3. The summed E-state index contributed by atoms with van der Waals surface area (Å²) < 4.78 is 0. The number of nitro benzene ring substituents is 1. The van der Waals surface area contributed by atoms with Gasteiger partial charge in [-0.15, -0.1) is 0 Å². The van der Waals surface area contributed by atoms with Gasteiger partial charge < -0.3 is 5.32 Å². The highest BCUT2D eigenvalue weighted by molar-refractivity contribution is 6.05. The van der Waals surface area contributed by atoms with Gasteiger partial charge in [0.2, 0.25) is 0 Å². The number of anilines is 1. The first-order valence-corrected chi connectivity index (χ1v) is 8.31. The van der Waals surface area contributed by atoms with E-state index in [0.717, 1.165) is 18.4 Å². The van der Waals surface area contributed by atoms with E-state index in [1.54, 1.807) is 6.07 Å². The fourth-order valence-corrected chi connectivity index (χ4v) is 2.75. The number of nitrogens with one attached hydrogen (secondary N) is 1. The second-order valence-electron chi connectivity index (χ2n) is 5.90. The van der Waals surface area contributed by atoms with Crippen molar-refractivity contribution >= 4 is 17.3 Å². The van der Waals surface area contributed by atoms with E-state index in [2.05, 4.69) is 17.4 Å². The molecule has 5 nitrogen and oxygen atoms in total. The van der Waals surface area contributed by atoms with E-state index < -0.39 is 4.92 Å². The highest BCUT2D eigenvalue weighted by Crippen LogP contribution is 2.18. The molecule has 130 valence electrons. The molecule has 1 N–H and O–H groups in total. The summed E-state index contributed by atoms with van der Waals surface area (Å²) in [5.41, 5.74) is 3.32. The zero-order valence-corrected chi connectivity index (χ0v) is 14.1. The maximum atomic E-state index is 12.6. The monoisotopic (exact) mass is 346 g/mol. The molecule has 1 amide bonds. The summed E-state index contributed by atoms with van der Waals surface area (Å²) in [6.07, 6.45) is 1.61. The third-order valence-electron chi connectivity index (χ3n) is 4.12. The van der Waals surface area contributed by atoms with Gasteiger partial charge in [-0.3, -0.25) is 14.9 Å². The van der Waals surface area contributed by atoms with E-state index in [0.29, 0.717) is 11.3 Å². The van der Waals surface area contributed by atoms with Crippen LogP contribution >= 0.6 is 0 Å². The van der Waals surface area contributed by atoms with Crippen molar-refractivity contribution in [3.05, 3.63) is 106 Å². The van der Waals surface area contributed by atoms with Crippen molar-refractivity contribution in [2.24, 2.45) is 0 Å². The molecule has 0 aromatic heterocycles. The third-order valence-corrected chi connectivity index (χ3v) is 4.12. The van der Waals surface area contributed by atoms with Gasteiger partial charge in [0, 0.05) is 23.4 Å². The molecule has 0 spiro atoms. The summed E-state index contributed by atoms with van der Waals surface area (Å²) in [5, 5.41) is 13.5. The van der Waals surface area contributed by atoms with Crippen molar-refractivity contribution in [2.75, 3.05) is 5.32 Å². The Balaban J connectivity index is 1.72. The predicted octanol–water partition coefficient (Wildman–Crippen LogP) is 4.63. The maximum absolute atomic E-state index is 12.6. The first-order valence-electron chi connectivity index (χ1n) is 8.31. The summed E-state index contributed by atoms with van der Waals surface area (Å²) in [7, 11) is 0. The van der Waals surface area contributed by atoms with Gasteiger partial charge in [-0.1, -0.05) is 48.5 Å². The lowest BCUT2D eigenvalue weighted by molar-refractivity contribution is -0.384. The Bertz CT molecular complexity index is 906. The van der Waals surface area contributed by atoms with Crippen molar-refractivity contribution in [1.82, 2.24) is 0 Å². The Kier molecular flexibility index (Phi) is 5.39. The number of amides is 1. The van der Waals surface area contributed by atoms with Gasteiger partial charge in [0.1, 0.15) is 0 Å². The van der Waals surface area contributed by atoms with E-state index in [1.807, 2.05) is 36.4 Å². The van der Waals surface area contributed by atoms with Crippen LogP contribution in [0.5, 0.6) is 0 Å². The second-order valence-corrected chi connectivity index (χ2v) is 5.90. The number of carbonyl (C=O) groups is 1. The minimum Gasteiger partial charge on any atom is -0.322 e. The van der Waals surface area contributed by atoms with E-state index >= 15 is 0 Å². The van der Waals surface area contributed by atoms with Gasteiger partial charge in [0.05, 0.1) is 4.92 Å². The summed E-state index contributed by atoms with van der Waals surface area (Å²) in [6, 6.07) is 23.4. The minimum atomic E-state index is -0.468. The van der Waals surface area contributed by atoms with Crippen molar-refractivity contribution in [3.63, 3.8) is 0 Å². The van der Waals surface area contributed by atoms with Crippen LogP contribution < -0.4 is 5.32 Å². The molecule has 0 heterocycles. The molecule has 0 radical (unpaired) electrons. The predicted molar refractivity (Wildman–Crippen MR) is 101 cm³/mol. The van der Waals surface area contributed by atoms with Crippen LogP contribution in [0, 0.1) is 10.1 Å². The van der Waals surface area contributed by atoms with Crippen LogP contribution in [-0.2, 0) is 12.8 Å². The van der Waals surface area contributed by atoms with Gasteiger partial charge >= 0.3 is 0 Å². The molecule has 5 heteroatoms. The molecule has 0 aliphatic heterocycles. The number of carbonyl (C=O) groups excluding carboxylic acids is 1. The van der Waals surface area contributed by atoms with Gasteiger partial charge in [0.25, 0.3) is 11.6 Å². The van der Waals surface area contributed by atoms with E-state index in [-0.39, 0.29) is 11.6 Å². The average Bonchev–Trinajstić information content (AvgIpc) is 2.68. The molecule has 3 aromatic rings. The lowest BCUT2D eigenvalue weighted by atomic mass is 9.99. The fraction of sp³-hybridized carbons (Fsp3) is 0.0952. The molecule has 3 aromatic carbocycles. The summed E-state index contributed by atoms with van der Waals surface area (Å²) in [4.78, 5) is 22.9. The topological polar surface area (TPSA) is 72.2 Å². The number of rotatable bonds is 6. The lowest BCUT2D eigenvalue weighted by Crippen LogP contribution is -2.14. The number of aryl methyl sites for hydroxylation is 2. The Hall–Kier alpha value is -3.47. The number of hydrogen-bond acceptors (Lipinski definition) is 3. The molecular weight excluding hydrogens is 328 g/mol. The smallest absolute Gasteiger partial charge is 0.269 e. The van der Waals surface area contributed by atoms with Crippen LogP contribution in [0.4, 0.5) is 11.4 Å². The molecule has 0 saturated heterocycles. The van der Waals surface area contributed by atoms with Crippen molar-refractivity contribution in [2.45, 2.75) is 12.8 Å². The Labute approximate surface area is 151 Å². The number of non-ortho nitro benzene ring substituents is 1. The molecule has 26 heavy (non-hydrogen) atoms. The quantitative estimate of drug-likeness (QED) is 0.522. The first-order chi connectivity index (χ1) is 12.6. The van der Waals surface area contributed by atoms with Gasteiger partial charge in [-0.25, -0.2) is 0 Å². The van der Waals surface area contributed by atoms with Crippen LogP contribution in [0.1, 0.15) is 21.5 Å². The number of nitrogens with zero attached hydrogens (tertiary/aromatic N) is 1. The molecule has 0 saturated carbocycles. The van der Waals surface area contributed by atoms with Crippen LogP contribution in [0.15, 0.2) is 78.9 Å². The largest absolute Gasteiger partial charge is 0.322 e. The SMILES string of the molecule is O=C(Nc1ccc([N+](=O)[O-])cc1)c1ccccc1CCc1ccccc1. The lowest BCUT2D eigenvalue weighted by Gasteiger charge is -2.10. The van der Waals surface area contributed by atoms with Crippen molar-refractivity contribution in [3.8, 4) is 0 Å². The number of hydrogen-bond donors (Lipinski definition) is 1. The summed E-state index contributed by atoms with van der Waals surface area (Å²) in [5.74, 6) is -0.220. The minimum absolute atomic E-state index is 0.00809. The molecule has 0 aliphatic carbocycles. The normalized spacial score (nSPS) is 10.3. The molecule has 0 atom stereocenters. The van der Waals surface area contributed by atoms with Gasteiger partial charge in [-0.05, 0) is 42.2 Å². The molecule has 0 fully saturated rings. The van der Waals surface area contributed by atoms with Crippen LogP contribution in [0.2, 0.25) is 0 Å². The molecule has 0 unspecified atom stereocenters. The zero-order chi connectivity index (χ0) is 18.4. The fourth-order valence-electron chi connectivity index (χ4n) is 2.75. The van der Waals surface area contributed by atoms with Crippen LogP contribution in [-0.4, -0.2) is 10.8 Å². The van der Waals surface area contributed by atoms with E-state index in [1.165, 1.54) is 29.8 Å². The van der Waals surface area contributed by atoms with E-state index in [4.69, 9.17) is 0 Å². The molecular formula is C21H18N2O3. The van der Waals surface area contributed by atoms with Crippen LogP contribution in [0.25, 0.3) is 0 Å². The molecule has 0 bridgehead atoms. The Morgan fingerprint density at radius 2 is 1.50 bits per heavy atom. The average molecular weight is 346 g/mol. The zero-order valence-electron chi connectivity index (χ0n) is 14.1. The van der Waals surface area contributed by atoms with Crippen LogP contribution in [0.3, 0.4) is 0 Å². The Morgan fingerprint density at radius 3 is 2.19 bits per heavy atom. The number of nitro groups is 1. The summed E-state index contributed by atoms with van der Waals surface area (Å²) >= 11 is 0. The second kappa shape index (κ2) is 8.07. The standard InChI is InChI=1S/C21H18N2O3/c24-21(22-18-12-14-19(15-13-18)23(25)26)20-9-5-4-8-17(20)11-10-16-6-2-1-3-7-16/h1-9,12-15H,10-11H2,(H,22,24). The maximum Gasteiger partial charge on any atom is 0.269 e. The first kappa shape index (κ1) is 17.4. The summed E-state index contributed by atoms with van der Waals surface area (Å²) in [6.45, 7) is 0. The van der Waals surface area contributed by atoms with Crippen molar-refractivity contribution in [1.29, 1.82) is 0 Å². The van der Waals surface area contributed by atoms with Crippen molar-refractivity contribution < 1.29 is 9.72 Å².